The Labute approximate surface area is 161 Å². The lowest BCUT2D eigenvalue weighted by molar-refractivity contribution is 0.0926. The maximum atomic E-state index is 13.0. The maximum absolute atomic E-state index is 13.0. The van der Waals surface area contributed by atoms with Crippen LogP contribution in [0.2, 0.25) is 0 Å². The first-order valence-corrected chi connectivity index (χ1v) is 9.71. The first-order chi connectivity index (χ1) is 13.0. The fourth-order valence-electron chi connectivity index (χ4n) is 3.04. The Morgan fingerprint density at radius 3 is 2.59 bits per heavy atom. The van der Waals surface area contributed by atoms with Crippen LogP contribution < -0.4 is 5.32 Å². The number of carbonyl (C=O) groups is 1. The molecule has 0 fully saturated rings. The van der Waals surface area contributed by atoms with Gasteiger partial charge in [0.25, 0.3) is 5.91 Å². The van der Waals surface area contributed by atoms with Crippen molar-refractivity contribution in [3.8, 4) is 5.13 Å². The Kier molecular flexibility index (Phi) is 4.53. The number of nitrogens with zero attached hydrogens (tertiary/aromatic N) is 3. The highest BCUT2D eigenvalue weighted by Gasteiger charge is 2.25. The number of fused-ring (bicyclic) bond motifs is 1. The quantitative estimate of drug-likeness (QED) is 0.544. The Hall–Kier alpha value is -2.93. The average Bonchev–Trinajstić information content (AvgIpc) is 3.37. The lowest BCUT2D eigenvalue weighted by Crippen LogP contribution is -2.32. The molecular weight excluding hydrogens is 358 g/mol. The van der Waals surface area contributed by atoms with Gasteiger partial charge in [-0.3, -0.25) is 4.79 Å². The monoisotopic (exact) mass is 379 g/mol. The summed E-state index contributed by atoms with van der Waals surface area (Å²) in [6, 6.07) is 11.5. The number of amides is 1. The Morgan fingerprint density at radius 2 is 1.89 bits per heavy atom. The second kappa shape index (κ2) is 7.00. The molecule has 1 amide bonds. The summed E-state index contributed by atoms with van der Waals surface area (Å²) >= 11 is 1.39. The van der Waals surface area contributed by atoms with E-state index in [0.29, 0.717) is 4.88 Å². The van der Waals surface area contributed by atoms with Crippen molar-refractivity contribution in [3.63, 3.8) is 0 Å². The van der Waals surface area contributed by atoms with Crippen LogP contribution in [-0.4, -0.2) is 25.4 Å². The molecule has 4 rings (SSSR count). The van der Waals surface area contributed by atoms with Crippen LogP contribution in [0.5, 0.6) is 0 Å². The molecule has 138 valence electrons. The molecule has 1 atom stereocenters. The summed E-state index contributed by atoms with van der Waals surface area (Å²) in [4.78, 5) is 26.1. The fourth-order valence-corrected chi connectivity index (χ4v) is 3.98. The van der Waals surface area contributed by atoms with E-state index in [0.717, 1.165) is 27.7 Å². The minimum Gasteiger partial charge on any atom is -0.341 e. The zero-order valence-electron chi connectivity index (χ0n) is 15.4. The number of imidazole rings is 1. The van der Waals surface area contributed by atoms with Gasteiger partial charge in [0.2, 0.25) is 0 Å². The highest BCUT2D eigenvalue weighted by atomic mass is 32.1. The SMILES string of the molecule is Cc1nc(-n2cccc2)sc1C(=O)N[C@@H](c1nc2ccccc2[nH]1)C(C)C. The Bertz CT molecular complexity index is 1040. The van der Waals surface area contributed by atoms with Crippen molar-refractivity contribution in [1.29, 1.82) is 0 Å². The van der Waals surface area contributed by atoms with E-state index >= 15 is 0 Å². The second-order valence-electron chi connectivity index (χ2n) is 6.84. The number of aryl methyl sites for hydroxylation is 1. The molecule has 1 aromatic carbocycles. The van der Waals surface area contributed by atoms with Gasteiger partial charge < -0.3 is 14.9 Å². The number of benzene rings is 1. The summed E-state index contributed by atoms with van der Waals surface area (Å²) < 4.78 is 1.91. The lowest BCUT2D eigenvalue weighted by atomic mass is 10.0. The minimum absolute atomic E-state index is 0.123. The van der Waals surface area contributed by atoms with Crippen molar-refractivity contribution in [1.82, 2.24) is 24.8 Å². The van der Waals surface area contributed by atoms with Crippen molar-refractivity contribution in [2.75, 3.05) is 0 Å². The molecule has 2 N–H and O–H groups in total. The number of aromatic amines is 1. The van der Waals surface area contributed by atoms with Gasteiger partial charge in [-0.25, -0.2) is 9.97 Å². The predicted octanol–water partition coefficient (Wildman–Crippen LogP) is 4.25. The maximum Gasteiger partial charge on any atom is 0.263 e. The van der Waals surface area contributed by atoms with E-state index in [9.17, 15) is 4.79 Å². The summed E-state index contributed by atoms with van der Waals surface area (Å²) in [7, 11) is 0. The molecule has 0 aliphatic carbocycles. The third-order valence-electron chi connectivity index (χ3n) is 4.47. The van der Waals surface area contributed by atoms with Crippen LogP contribution in [0.1, 0.15) is 41.1 Å². The third kappa shape index (κ3) is 3.38. The molecule has 4 aromatic rings. The molecule has 0 saturated heterocycles. The highest BCUT2D eigenvalue weighted by molar-refractivity contribution is 7.16. The van der Waals surface area contributed by atoms with Gasteiger partial charge in [0, 0.05) is 12.4 Å². The zero-order chi connectivity index (χ0) is 19.0. The summed E-state index contributed by atoms with van der Waals surface area (Å²) in [5.41, 5.74) is 2.60. The van der Waals surface area contributed by atoms with Crippen molar-refractivity contribution >= 4 is 28.3 Å². The van der Waals surface area contributed by atoms with Crippen LogP contribution in [0.3, 0.4) is 0 Å². The fraction of sp³-hybridized carbons (Fsp3) is 0.250. The van der Waals surface area contributed by atoms with Crippen LogP contribution in [0.25, 0.3) is 16.2 Å². The molecule has 0 aliphatic heterocycles. The number of rotatable bonds is 5. The molecule has 0 saturated carbocycles. The molecule has 7 heteroatoms. The van der Waals surface area contributed by atoms with E-state index in [1.165, 1.54) is 11.3 Å². The Balaban J connectivity index is 1.61. The van der Waals surface area contributed by atoms with Crippen molar-refractivity contribution < 1.29 is 4.79 Å². The lowest BCUT2D eigenvalue weighted by Gasteiger charge is -2.20. The molecule has 0 spiro atoms. The largest absolute Gasteiger partial charge is 0.341 e. The molecule has 0 radical (unpaired) electrons. The van der Waals surface area contributed by atoms with Crippen molar-refractivity contribution in [2.45, 2.75) is 26.8 Å². The second-order valence-corrected chi connectivity index (χ2v) is 7.81. The topological polar surface area (TPSA) is 75.6 Å². The number of carbonyl (C=O) groups excluding carboxylic acids is 1. The van der Waals surface area contributed by atoms with Gasteiger partial charge in [0.1, 0.15) is 10.7 Å². The zero-order valence-corrected chi connectivity index (χ0v) is 16.2. The first kappa shape index (κ1) is 17.5. The van der Waals surface area contributed by atoms with Gasteiger partial charge in [-0.1, -0.05) is 37.3 Å². The number of hydrogen-bond acceptors (Lipinski definition) is 4. The number of H-pyrrole nitrogens is 1. The number of thiazole rings is 1. The molecule has 6 nitrogen and oxygen atoms in total. The Morgan fingerprint density at radius 1 is 1.15 bits per heavy atom. The van der Waals surface area contributed by atoms with E-state index in [1.54, 1.807) is 0 Å². The van der Waals surface area contributed by atoms with E-state index in [4.69, 9.17) is 0 Å². The summed E-state index contributed by atoms with van der Waals surface area (Å²) in [6.07, 6.45) is 3.84. The van der Waals surface area contributed by atoms with E-state index in [2.05, 4.69) is 34.1 Å². The minimum atomic E-state index is -0.207. The van der Waals surface area contributed by atoms with Crippen LogP contribution in [0.15, 0.2) is 48.8 Å². The number of para-hydroxylation sites is 2. The normalized spacial score (nSPS) is 12.6. The van der Waals surface area contributed by atoms with Crippen molar-refractivity contribution in [3.05, 3.63) is 65.2 Å². The summed E-state index contributed by atoms with van der Waals surface area (Å²) in [5, 5.41) is 3.92. The van der Waals surface area contributed by atoms with E-state index in [1.807, 2.05) is 60.3 Å². The van der Waals surface area contributed by atoms with Crippen molar-refractivity contribution in [2.24, 2.45) is 5.92 Å². The molecular formula is C20H21N5OS. The van der Waals surface area contributed by atoms with Crippen LogP contribution in [-0.2, 0) is 0 Å². The molecule has 0 unspecified atom stereocenters. The van der Waals surface area contributed by atoms with Gasteiger partial charge in [-0.05, 0) is 37.1 Å². The first-order valence-electron chi connectivity index (χ1n) is 8.89. The molecule has 3 aromatic heterocycles. The molecule has 0 bridgehead atoms. The molecule has 27 heavy (non-hydrogen) atoms. The van der Waals surface area contributed by atoms with E-state index in [-0.39, 0.29) is 17.9 Å². The van der Waals surface area contributed by atoms with Gasteiger partial charge in [0.05, 0.1) is 22.8 Å². The predicted molar refractivity (Wildman–Crippen MR) is 107 cm³/mol. The summed E-state index contributed by atoms with van der Waals surface area (Å²) in [6.45, 7) is 6.01. The smallest absolute Gasteiger partial charge is 0.263 e. The number of nitrogens with one attached hydrogen (secondary N) is 2. The van der Waals surface area contributed by atoms with Gasteiger partial charge >= 0.3 is 0 Å². The number of hydrogen-bond donors (Lipinski definition) is 2. The molecule has 3 heterocycles. The van der Waals surface area contributed by atoms with E-state index < -0.39 is 0 Å². The van der Waals surface area contributed by atoms with Crippen LogP contribution >= 0.6 is 11.3 Å². The van der Waals surface area contributed by atoms with Crippen LogP contribution in [0.4, 0.5) is 0 Å². The number of aromatic nitrogens is 4. The summed E-state index contributed by atoms with van der Waals surface area (Å²) in [5.74, 6) is 0.835. The van der Waals surface area contributed by atoms with Gasteiger partial charge in [-0.15, -0.1) is 0 Å². The van der Waals surface area contributed by atoms with Gasteiger partial charge in [-0.2, -0.15) is 0 Å². The third-order valence-corrected chi connectivity index (χ3v) is 5.64. The highest BCUT2D eigenvalue weighted by Crippen LogP contribution is 2.26. The standard InChI is InChI=1S/C20H21N5OS/c1-12(2)16(18-22-14-8-4-5-9-15(14)23-18)24-19(26)17-13(3)21-20(27-17)25-10-6-7-11-25/h4-12,16H,1-3H3,(H,22,23)(H,24,26)/t16-/m1/s1. The van der Waals surface area contributed by atoms with Crippen LogP contribution in [0, 0.1) is 12.8 Å². The molecule has 0 aliphatic rings. The average molecular weight is 379 g/mol. The van der Waals surface area contributed by atoms with Gasteiger partial charge in [0.15, 0.2) is 5.13 Å².